The molecule has 0 saturated heterocycles. The van der Waals surface area contributed by atoms with Crippen LogP contribution in [-0.4, -0.2) is 16.1 Å². The van der Waals surface area contributed by atoms with Crippen molar-refractivity contribution >= 4 is 0 Å². The van der Waals surface area contributed by atoms with E-state index in [0.717, 1.165) is 18.2 Å². The number of nitrogens with one attached hydrogen (secondary N) is 1. The van der Waals surface area contributed by atoms with Crippen molar-refractivity contribution in [3.8, 4) is 0 Å². The summed E-state index contributed by atoms with van der Waals surface area (Å²) in [6.07, 6.45) is -0.123. The Morgan fingerprint density at radius 1 is 1.33 bits per heavy atom. The molecule has 21 heavy (non-hydrogen) atoms. The van der Waals surface area contributed by atoms with E-state index < -0.39 is 11.7 Å². The minimum absolute atomic E-state index is 0.306. The fourth-order valence-corrected chi connectivity index (χ4v) is 2.22. The fourth-order valence-electron chi connectivity index (χ4n) is 2.22. The number of aryl methyl sites for hydroxylation is 1. The third-order valence-electron chi connectivity index (χ3n) is 3.30. The summed E-state index contributed by atoms with van der Waals surface area (Å²) in [4.78, 5) is 4.05. The Hall–Kier alpha value is -1.82. The molecule has 0 aliphatic carbocycles. The lowest BCUT2D eigenvalue weighted by atomic mass is 10.0. The zero-order valence-corrected chi connectivity index (χ0v) is 12.0. The standard InChI is InChI=1S/C15H18F3N3/c1-3-7-20-14(13-9-19-10-21(13)2)11-5-4-6-12(8-11)15(16,17)18/h4-6,8-10,14,20H,3,7H2,1-2H3. The summed E-state index contributed by atoms with van der Waals surface area (Å²) in [5.41, 5.74) is 0.787. The van der Waals surface area contributed by atoms with Gasteiger partial charge in [0.1, 0.15) is 0 Å². The molecule has 0 amide bonds. The van der Waals surface area contributed by atoms with Crippen LogP contribution < -0.4 is 5.32 Å². The number of hydrogen-bond donors (Lipinski definition) is 1. The first kappa shape index (κ1) is 15.6. The largest absolute Gasteiger partial charge is 0.416 e. The van der Waals surface area contributed by atoms with Crippen LogP contribution in [0.3, 0.4) is 0 Å². The molecule has 3 nitrogen and oxygen atoms in total. The van der Waals surface area contributed by atoms with E-state index in [1.165, 1.54) is 12.1 Å². The molecule has 1 aromatic carbocycles. The highest BCUT2D eigenvalue weighted by Crippen LogP contribution is 2.32. The number of aromatic nitrogens is 2. The normalized spacial score (nSPS) is 13.4. The van der Waals surface area contributed by atoms with Gasteiger partial charge in [-0.25, -0.2) is 4.98 Å². The summed E-state index contributed by atoms with van der Waals surface area (Å²) < 4.78 is 40.4. The second-order valence-corrected chi connectivity index (χ2v) is 4.94. The van der Waals surface area contributed by atoms with E-state index >= 15 is 0 Å². The minimum atomic E-state index is -4.34. The summed E-state index contributed by atoms with van der Waals surface area (Å²) in [5, 5.41) is 3.28. The monoisotopic (exact) mass is 297 g/mol. The molecule has 0 radical (unpaired) electrons. The van der Waals surface area contributed by atoms with E-state index in [9.17, 15) is 13.2 Å². The Bertz CT molecular complexity index is 590. The maximum Gasteiger partial charge on any atom is 0.416 e. The van der Waals surface area contributed by atoms with E-state index in [1.54, 1.807) is 18.6 Å². The predicted molar refractivity (Wildman–Crippen MR) is 74.8 cm³/mol. The van der Waals surface area contributed by atoms with Crippen LogP contribution in [-0.2, 0) is 13.2 Å². The van der Waals surface area contributed by atoms with Crippen LogP contribution in [0.5, 0.6) is 0 Å². The number of imidazole rings is 1. The van der Waals surface area contributed by atoms with Gasteiger partial charge in [0.25, 0.3) is 0 Å². The van der Waals surface area contributed by atoms with Gasteiger partial charge in [0, 0.05) is 7.05 Å². The van der Waals surface area contributed by atoms with E-state index in [4.69, 9.17) is 0 Å². The number of halogens is 3. The summed E-state index contributed by atoms with van der Waals surface area (Å²) >= 11 is 0. The van der Waals surface area contributed by atoms with Gasteiger partial charge >= 0.3 is 6.18 Å². The van der Waals surface area contributed by atoms with Crippen molar-refractivity contribution < 1.29 is 13.2 Å². The molecule has 0 aliphatic heterocycles. The van der Waals surface area contributed by atoms with Crippen molar-refractivity contribution in [3.63, 3.8) is 0 Å². The molecular formula is C15H18F3N3. The Morgan fingerprint density at radius 3 is 2.67 bits per heavy atom. The van der Waals surface area contributed by atoms with Crippen molar-refractivity contribution in [2.24, 2.45) is 7.05 Å². The second-order valence-electron chi connectivity index (χ2n) is 4.94. The fraction of sp³-hybridized carbons (Fsp3) is 0.400. The van der Waals surface area contributed by atoms with Crippen molar-refractivity contribution in [2.45, 2.75) is 25.6 Å². The summed E-state index contributed by atoms with van der Waals surface area (Å²) in [6, 6.07) is 5.12. The Morgan fingerprint density at radius 2 is 2.10 bits per heavy atom. The van der Waals surface area contributed by atoms with Gasteiger partial charge in [-0.3, -0.25) is 0 Å². The van der Waals surface area contributed by atoms with Gasteiger partial charge < -0.3 is 9.88 Å². The first-order chi connectivity index (χ1) is 9.93. The molecular weight excluding hydrogens is 279 g/mol. The van der Waals surface area contributed by atoms with Crippen molar-refractivity contribution in [2.75, 3.05) is 6.54 Å². The topological polar surface area (TPSA) is 29.9 Å². The lowest BCUT2D eigenvalue weighted by molar-refractivity contribution is -0.137. The van der Waals surface area contributed by atoms with Crippen LogP contribution in [0, 0.1) is 0 Å². The number of hydrogen-bond acceptors (Lipinski definition) is 2. The number of nitrogens with zero attached hydrogens (tertiary/aromatic N) is 2. The van der Waals surface area contributed by atoms with Gasteiger partial charge in [-0.2, -0.15) is 13.2 Å². The van der Waals surface area contributed by atoms with Crippen molar-refractivity contribution in [1.82, 2.24) is 14.9 Å². The number of alkyl halides is 3. The van der Waals surface area contributed by atoms with E-state index in [-0.39, 0.29) is 6.04 Å². The second kappa shape index (κ2) is 6.30. The van der Waals surface area contributed by atoms with Crippen molar-refractivity contribution in [1.29, 1.82) is 0 Å². The first-order valence-electron chi connectivity index (χ1n) is 6.80. The molecule has 0 spiro atoms. The van der Waals surface area contributed by atoms with Gasteiger partial charge in [0.15, 0.2) is 0 Å². The lowest BCUT2D eigenvalue weighted by Crippen LogP contribution is -2.25. The minimum Gasteiger partial charge on any atom is -0.336 e. The zero-order chi connectivity index (χ0) is 15.5. The van der Waals surface area contributed by atoms with Gasteiger partial charge in [-0.15, -0.1) is 0 Å². The average Bonchev–Trinajstić information content (AvgIpc) is 2.85. The maximum atomic E-state index is 12.9. The molecule has 114 valence electrons. The van der Waals surface area contributed by atoms with Gasteiger partial charge in [0.2, 0.25) is 0 Å². The Balaban J connectivity index is 2.40. The molecule has 1 aromatic heterocycles. The zero-order valence-electron chi connectivity index (χ0n) is 12.0. The number of rotatable bonds is 5. The number of benzene rings is 1. The van der Waals surface area contributed by atoms with Crippen LogP contribution >= 0.6 is 0 Å². The smallest absolute Gasteiger partial charge is 0.336 e. The highest BCUT2D eigenvalue weighted by molar-refractivity contribution is 5.32. The molecule has 0 bridgehead atoms. The molecule has 6 heteroatoms. The van der Waals surface area contributed by atoms with E-state index in [2.05, 4.69) is 10.3 Å². The van der Waals surface area contributed by atoms with Crippen LogP contribution in [0.4, 0.5) is 13.2 Å². The van der Waals surface area contributed by atoms with Crippen LogP contribution in [0.1, 0.15) is 36.2 Å². The summed E-state index contributed by atoms with van der Waals surface area (Å²) in [5.74, 6) is 0. The lowest BCUT2D eigenvalue weighted by Gasteiger charge is -2.20. The molecule has 1 heterocycles. The maximum absolute atomic E-state index is 12.9. The average molecular weight is 297 g/mol. The van der Waals surface area contributed by atoms with E-state index in [1.807, 2.05) is 18.5 Å². The summed E-state index contributed by atoms with van der Waals surface area (Å²) in [7, 11) is 1.83. The van der Waals surface area contributed by atoms with E-state index in [0.29, 0.717) is 12.1 Å². The Kier molecular flexibility index (Phi) is 4.67. The molecule has 1 atom stereocenters. The predicted octanol–water partition coefficient (Wildman–Crippen LogP) is 3.53. The molecule has 0 aliphatic rings. The van der Waals surface area contributed by atoms with Gasteiger partial charge in [0.05, 0.1) is 29.8 Å². The highest BCUT2D eigenvalue weighted by atomic mass is 19.4. The van der Waals surface area contributed by atoms with Crippen LogP contribution in [0.2, 0.25) is 0 Å². The van der Waals surface area contributed by atoms with Crippen molar-refractivity contribution in [3.05, 3.63) is 53.6 Å². The third-order valence-corrected chi connectivity index (χ3v) is 3.30. The molecule has 2 rings (SSSR count). The highest BCUT2D eigenvalue weighted by Gasteiger charge is 2.31. The van der Waals surface area contributed by atoms with Crippen LogP contribution in [0.25, 0.3) is 0 Å². The first-order valence-corrected chi connectivity index (χ1v) is 6.80. The molecule has 2 aromatic rings. The SMILES string of the molecule is CCCNC(c1cccc(C(F)(F)F)c1)c1cncn1C. The van der Waals surface area contributed by atoms with Crippen LogP contribution in [0.15, 0.2) is 36.8 Å². The molecule has 1 N–H and O–H groups in total. The quantitative estimate of drug-likeness (QED) is 0.915. The molecule has 0 fully saturated rings. The summed E-state index contributed by atoms with van der Waals surface area (Å²) in [6.45, 7) is 2.73. The third kappa shape index (κ3) is 3.64. The van der Waals surface area contributed by atoms with Gasteiger partial charge in [-0.1, -0.05) is 19.1 Å². The molecule has 0 saturated carbocycles. The Labute approximate surface area is 121 Å². The molecule has 1 unspecified atom stereocenters. The van der Waals surface area contributed by atoms with Gasteiger partial charge in [-0.05, 0) is 30.7 Å².